The van der Waals surface area contributed by atoms with Crippen molar-refractivity contribution in [1.82, 2.24) is 5.32 Å². The lowest BCUT2D eigenvalue weighted by Gasteiger charge is -2.20. The van der Waals surface area contributed by atoms with E-state index in [1.54, 1.807) is 6.08 Å². The van der Waals surface area contributed by atoms with E-state index in [2.05, 4.69) is 31.3 Å². The van der Waals surface area contributed by atoms with E-state index in [-0.39, 0.29) is 18.5 Å². The second kappa shape index (κ2) is 50.0. The largest absolute Gasteiger partial charge is 0.466 e. The van der Waals surface area contributed by atoms with Gasteiger partial charge in [-0.15, -0.1) is 0 Å². The smallest absolute Gasteiger partial charge is 0.305 e. The van der Waals surface area contributed by atoms with Crippen molar-refractivity contribution in [3.05, 3.63) is 24.3 Å². The fourth-order valence-electron chi connectivity index (χ4n) is 8.10. The van der Waals surface area contributed by atoms with Gasteiger partial charge in [-0.1, -0.05) is 231 Å². The van der Waals surface area contributed by atoms with Gasteiger partial charge in [0.25, 0.3) is 0 Å². The topological polar surface area (TPSA) is 95.9 Å². The predicted octanol–water partition coefficient (Wildman–Crippen LogP) is 15.9. The number of esters is 1. The van der Waals surface area contributed by atoms with Crippen molar-refractivity contribution in [3.63, 3.8) is 0 Å². The quantitative estimate of drug-likeness (QED) is 0.0322. The van der Waals surface area contributed by atoms with Gasteiger partial charge in [-0.3, -0.25) is 9.59 Å². The van der Waals surface area contributed by atoms with Crippen LogP contribution in [0.4, 0.5) is 0 Å². The van der Waals surface area contributed by atoms with Gasteiger partial charge in [-0.05, 0) is 64.2 Å². The summed E-state index contributed by atoms with van der Waals surface area (Å²) in [6.07, 6.45) is 59.0. The number of nitrogens with one attached hydrogen (secondary N) is 1. The Morgan fingerprint density at radius 3 is 1.18 bits per heavy atom. The molecule has 6 nitrogen and oxygen atoms in total. The first-order valence-corrected chi connectivity index (χ1v) is 26.6. The van der Waals surface area contributed by atoms with E-state index in [0.717, 1.165) is 77.0 Å². The van der Waals surface area contributed by atoms with Crippen LogP contribution in [0.1, 0.15) is 284 Å². The highest BCUT2D eigenvalue weighted by molar-refractivity contribution is 5.76. The van der Waals surface area contributed by atoms with Crippen LogP contribution < -0.4 is 5.32 Å². The van der Waals surface area contributed by atoms with Crippen LogP contribution in [-0.4, -0.2) is 47.4 Å². The molecule has 6 heteroatoms. The average molecular weight is 846 g/mol. The number of aliphatic hydroxyl groups is 2. The van der Waals surface area contributed by atoms with Crippen molar-refractivity contribution < 1.29 is 24.5 Å². The molecule has 3 N–H and O–H groups in total. The highest BCUT2D eigenvalue weighted by Crippen LogP contribution is 2.16. The van der Waals surface area contributed by atoms with Crippen molar-refractivity contribution >= 4 is 11.9 Å². The molecule has 0 aromatic carbocycles. The first-order chi connectivity index (χ1) is 29.5. The second-order valence-electron chi connectivity index (χ2n) is 18.2. The van der Waals surface area contributed by atoms with E-state index >= 15 is 0 Å². The molecule has 1 amide bonds. The lowest BCUT2D eigenvalue weighted by atomic mass is 10.0. The molecule has 0 spiro atoms. The van der Waals surface area contributed by atoms with Crippen molar-refractivity contribution in [3.8, 4) is 0 Å². The number of amides is 1. The van der Waals surface area contributed by atoms with E-state index < -0.39 is 12.1 Å². The number of allylic oxidation sites excluding steroid dienone is 3. The normalized spacial score (nSPS) is 12.8. The molecule has 0 aromatic rings. The SMILES string of the molecule is CCCCCCCCCCCCCCCCCCCC/C=C/C(O)C(CO)NC(=O)CCCCCCC/C=C\CCCCCOC(=O)CCCCCCCCCCCCC. The van der Waals surface area contributed by atoms with Crippen LogP contribution in [0.5, 0.6) is 0 Å². The molecule has 0 saturated heterocycles. The van der Waals surface area contributed by atoms with E-state index in [0.29, 0.717) is 19.4 Å². The maximum atomic E-state index is 12.4. The van der Waals surface area contributed by atoms with Gasteiger partial charge in [0.15, 0.2) is 0 Å². The average Bonchev–Trinajstić information content (AvgIpc) is 3.25. The number of ether oxygens (including phenoxy) is 1. The van der Waals surface area contributed by atoms with Crippen molar-refractivity contribution in [2.24, 2.45) is 0 Å². The van der Waals surface area contributed by atoms with E-state index in [1.165, 1.54) is 180 Å². The number of rotatable bonds is 49. The Hall–Kier alpha value is -1.66. The molecule has 0 aliphatic rings. The number of carbonyl (C=O) groups is 2. The molecule has 0 aliphatic carbocycles. The molecule has 2 unspecified atom stereocenters. The molecule has 0 heterocycles. The molecule has 354 valence electrons. The number of carbonyl (C=O) groups excluding carboxylic acids is 2. The van der Waals surface area contributed by atoms with Gasteiger partial charge >= 0.3 is 5.97 Å². The Morgan fingerprint density at radius 2 is 0.783 bits per heavy atom. The number of hydrogen-bond acceptors (Lipinski definition) is 5. The molecule has 0 radical (unpaired) electrons. The third-order valence-corrected chi connectivity index (χ3v) is 12.2. The Morgan fingerprint density at radius 1 is 0.450 bits per heavy atom. The summed E-state index contributed by atoms with van der Waals surface area (Å²) < 4.78 is 5.43. The molecule has 0 rings (SSSR count). The minimum absolute atomic E-state index is 0.0246. The van der Waals surface area contributed by atoms with Crippen molar-refractivity contribution in [2.75, 3.05) is 13.2 Å². The fraction of sp³-hybridized carbons (Fsp3) is 0.889. The first kappa shape index (κ1) is 58.3. The molecule has 0 aromatic heterocycles. The van der Waals surface area contributed by atoms with Crippen LogP contribution in [0.15, 0.2) is 24.3 Å². The lowest BCUT2D eigenvalue weighted by Crippen LogP contribution is -2.45. The van der Waals surface area contributed by atoms with Crippen LogP contribution in [0.2, 0.25) is 0 Å². The van der Waals surface area contributed by atoms with Crippen LogP contribution in [0.25, 0.3) is 0 Å². The van der Waals surface area contributed by atoms with E-state index in [1.807, 2.05) is 6.08 Å². The maximum Gasteiger partial charge on any atom is 0.305 e. The van der Waals surface area contributed by atoms with Crippen LogP contribution in [0, 0.1) is 0 Å². The summed E-state index contributed by atoms with van der Waals surface area (Å²) in [5.41, 5.74) is 0. The minimum atomic E-state index is -0.860. The summed E-state index contributed by atoms with van der Waals surface area (Å²) in [5, 5.41) is 23.1. The maximum absolute atomic E-state index is 12.4. The third kappa shape index (κ3) is 45.9. The Kier molecular flexibility index (Phi) is 48.6. The number of hydrogen-bond donors (Lipinski definition) is 3. The summed E-state index contributed by atoms with van der Waals surface area (Å²) in [6, 6.07) is -0.646. The van der Waals surface area contributed by atoms with Crippen molar-refractivity contribution in [1.29, 1.82) is 0 Å². The second-order valence-corrected chi connectivity index (χ2v) is 18.2. The van der Waals surface area contributed by atoms with Gasteiger partial charge in [0.05, 0.1) is 25.4 Å². The Bertz CT molecular complexity index is 935. The van der Waals surface area contributed by atoms with Gasteiger partial charge in [-0.25, -0.2) is 0 Å². The molecule has 0 bridgehead atoms. The standard InChI is InChI=1S/C54H103NO5/c1-3-5-7-9-11-13-15-16-17-18-19-20-21-22-23-27-30-34-38-42-46-52(57)51(50-56)55-53(58)47-43-39-35-31-28-24-25-29-33-37-41-45-49-60-54(59)48-44-40-36-32-26-14-12-10-8-6-4-2/h25,29,42,46,51-52,56-57H,3-24,26-28,30-41,43-45,47-50H2,1-2H3,(H,55,58)/b29-25-,46-42+. The fourth-order valence-corrected chi connectivity index (χ4v) is 8.10. The first-order valence-electron chi connectivity index (χ1n) is 26.6. The summed E-state index contributed by atoms with van der Waals surface area (Å²) in [7, 11) is 0. The van der Waals surface area contributed by atoms with Gasteiger partial charge in [0.1, 0.15) is 0 Å². The van der Waals surface area contributed by atoms with Gasteiger partial charge < -0.3 is 20.3 Å². The molecule has 0 aliphatic heterocycles. The Balaban J connectivity index is 3.55. The zero-order chi connectivity index (χ0) is 43.7. The van der Waals surface area contributed by atoms with Crippen LogP contribution in [0.3, 0.4) is 0 Å². The van der Waals surface area contributed by atoms with Crippen LogP contribution >= 0.6 is 0 Å². The van der Waals surface area contributed by atoms with E-state index in [4.69, 9.17) is 4.74 Å². The summed E-state index contributed by atoms with van der Waals surface area (Å²) in [4.78, 5) is 24.4. The monoisotopic (exact) mass is 846 g/mol. The molecule has 0 fully saturated rings. The van der Waals surface area contributed by atoms with E-state index in [9.17, 15) is 19.8 Å². The summed E-state index contributed by atoms with van der Waals surface area (Å²) in [5.74, 6) is -0.117. The summed E-state index contributed by atoms with van der Waals surface area (Å²) in [6.45, 7) is 4.85. The molecular weight excluding hydrogens is 743 g/mol. The predicted molar refractivity (Wildman–Crippen MR) is 260 cm³/mol. The minimum Gasteiger partial charge on any atom is -0.466 e. The number of aliphatic hydroxyl groups excluding tert-OH is 2. The zero-order valence-corrected chi connectivity index (χ0v) is 40.2. The molecule has 0 saturated carbocycles. The van der Waals surface area contributed by atoms with Gasteiger partial charge in [0.2, 0.25) is 5.91 Å². The summed E-state index contributed by atoms with van der Waals surface area (Å²) >= 11 is 0. The van der Waals surface area contributed by atoms with Gasteiger partial charge in [0, 0.05) is 12.8 Å². The number of unbranched alkanes of at least 4 members (excludes halogenated alkanes) is 36. The van der Waals surface area contributed by atoms with Crippen LogP contribution in [-0.2, 0) is 14.3 Å². The molecule has 60 heavy (non-hydrogen) atoms. The highest BCUT2D eigenvalue weighted by atomic mass is 16.5. The van der Waals surface area contributed by atoms with Crippen molar-refractivity contribution in [2.45, 2.75) is 296 Å². The molecular formula is C54H103NO5. The lowest BCUT2D eigenvalue weighted by molar-refractivity contribution is -0.143. The molecule has 2 atom stereocenters. The zero-order valence-electron chi connectivity index (χ0n) is 40.2. The third-order valence-electron chi connectivity index (χ3n) is 12.2. The highest BCUT2D eigenvalue weighted by Gasteiger charge is 2.18. The van der Waals surface area contributed by atoms with Gasteiger partial charge in [-0.2, -0.15) is 0 Å². The Labute approximate surface area is 373 Å².